The first-order chi connectivity index (χ1) is 13.8. The van der Waals surface area contributed by atoms with E-state index in [1.54, 1.807) is 13.3 Å². The lowest BCUT2D eigenvalue weighted by Gasteiger charge is -2.09. The summed E-state index contributed by atoms with van der Waals surface area (Å²) in [6.07, 6.45) is 4.83. The highest BCUT2D eigenvalue weighted by atomic mass is 16.5. The largest absolute Gasteiger partial charge is 0.497 e. The molecule has 5 nitrogen and oxygen atoms in total. The number of hydrogen-bond acceptors (Lipinski definition) is 4. The molecule has 28 heavy (non-hydrogen) atoms. The number of nitrogens with zero attached hydrogens (tertiary/aromatic N) is 1. The molecule has 0 saturated heterocycles. The third-order valence-electron chi connectivity index (χ3n) is 4.74. The highest BCUT2D eigenvalue weighted by molar-refractivity contribution is 5.84. The topological polar surface area (TPSA) is 62.0 Å². The summed E-state index contributed by atoms with van der Waals surface area (Å²) in [6.45, 7) is 1.73. The van der Waals surface area contributed by atoms with Gasteiger partial charge in [-0.15, -0.1) is 0 Å². The van der Waals surface area contributed by atoms with Crippen LogP contribution in [0.3, 0.4) is 0 Å². The van der Waals surface area contributed by atoms with Gasteiger partial charge < -0.3 is 20.4 Å². The molecule has 2 heterocycles. The number of benzene rings is 2. The van der Waals surface area contributed by atoms with Crippen LogP contribution in [0.4, 0.5) is 11.5 Å². The number of rotatable bonds is 8. The van der Waals surface area contributed by atoms with Crippen molar-refractivity contribution in [2.24, 2.45) is 0 Å². The number of aromatic amines is 1. The fourth-order valence-corrected chi connectivity index (χ4v) is 3.29. The molecule has 0 aliphatic carbocycles. The molecular weight excluding hydrogens is 348 g/mol. The normalized spacial score (nSPS) is 10.9. The standard InChI is InChI=1S/C23H24N4O/c1-28-20-8-9-22-21(14-20)18(16-26-22)10-12-24-15-17-5-4-6-19(13-17)27-23-7-2-3-11-25-23/h2-9,11,13-14,16,24,26H,10,12,15H2,1H3,(H,25,27). The average molecular weight is 372 g/mol. The molecule has 0 unspecified atom stereocenters. The Morgan fingerprint density at radius 1 is 1.04 bits per heavy atom. The second-order valence-electron chi connectivity index (χ2n) is 6.69. The summed E-state index contributed by atoms with van der Waals surface area (Å²) in [6, 6.07) is 20.4. The van der Waals surface area contributed by atoms with Crippen molar-refractivity contribution in [2.45, 2.75) is 13.0 Å². The Bertz CT molecular complexity index is 1040. The van der Waals surface area contributed by atoms with Crippen LogP contribution in [0.1, 0.15) is 11.1 Å². The van der Waals surface area contributed by atoms with Gasteiger partial charge in [0, 0.05) is 35.5 Å². The van der Waals surface area contributed by atoms with E-state index in [1.807, 2.05) is 24.3 Å². The van der Waals surface area contributed by atoms with Crippen LogP contribution in [0.15, 0.2) is 73.1 Å². The molecule has 0 bridgehead atoms. The van der Waals surface area contributed by atoms with Gasteiger partial charge in [-0.3, -0.25) is 0 Å². The van der Waals surface area contributed by atoms with Crippen molar-refractivity contribution in [3.63, 3.8) is 0 Å². The van der Waals surface area contributed by atoms with Crippen LogP contribution in [-0.2, 0) is 13.0 Å². The highest BCUT2D eigenvalue weighted by Gasteiger charge is 2.05. The van der Waals surface area contributed by atoms with Gasteiger partial charge in [-0.05, 0) is 66.6 Å². The van der Waals surface area contributed by atoms with Gasteiger partial charge >= 0.3 is 0 Å². The number of aromatic nitrogens is 2. The summed E-state index contributed by atoms with van der Waals surface area (Å²) in [4.78, 5) is 7.64. The lowest BCUT2D eigenvalue weighted by atomic mass is 10.1. The third kappa shape index (κ3) is 4.32. The molecule has 0 amide bonds. The van der Waals surface area contributed by atoms with Crippen molar-refractivity contribution in [2.75, 3.05) is 19.0 Å². The first kappa shape index (κ1) is 18.1. The number of ether oxygens (including phenoxy) is 1. The minimum absolute atomic E-state index is 0.823. The quantitative estimate of drug-likeness (QED) is 0.394. The Labute approximate surface area is 164 Å². The molecule has 0 saturated carbocycles. The Kier molecular flexibility index (Phi) is 5.54. The predicted molar refractivity (Wildman–Crippen MR) is 114 cm³/mol. The van der Waals surface area contributed by atoms with Crippen LogP contribution in [0, 0.1) is 0 Å². The molecule has 0 aliphatic heterocycles. The molecule has 4 aromatic rings. The molecule has 0 radical (unpaired) electrons. The zero-order chi connectivity index (χ0) is 19.2. The van der Waals surface area contributed by atoms with Crippen molar-refractivity contribution in [3.05, 3.63) is 84.2 Å². The zero-order valence-corrected chi connectivity index (χ0v) is 15.9. The molecule has 4 rings (SSSR count). The van der Waals surface area contributed by atoms with Crippen LogP contribution < -0.4 is 15.4 Å². The van der Waals surface area contributed by atoms with Gasteiger partial charge in [0.2, 0.25) is 0 Å². The summed E-state index contributed by atoms with van der Waals surface area (Å²) in [7, 11) is 1.70. The molecule has 142 valence electrons. The van der Waals surface area contributed by atoms with Crippen molar-refractivity contribution in [1.82, 2.24) is 15.3 Å². The smallest absolute Gasteiger partial charge is 0.130 e. The first-order valence-electron chi connectivity index (χ1n) is 9.43. The molecule has 2 aromatic heterocycles. The lowest BCUT2D eigenvalue weighted by Crippen LogP contribution is -2.16. The van der Waals surface area contributed by atoms with E-state index < -0.39 is 0 Å². The monoisotopic (exact) mass is 372 g/mol. The summed E-state index contributed by atoms with van der Waals surface area (Å²) in [5.41, 5.74) is 4.72. The first-order valence-corrected chi connectivity index (χ1v) is 9.43. The summed E-state index contributed by atoms with van der Waals surface area (Å²) >= 11 is 0. The van der Waals surface area contributed by atoms with E-state index in [9.17, 15) is 0 Å². The van der Waals surface area contributed by atoms with E-state index in [2.05, 4.69) is 63.2 Å². The highest BCUT2D eigenvalue weighted by Crippen LogP contribution is 2.23. The van der Waals surface area contributed by atoms with E-state index in [-0.39, 0.29) is 0 Å². The van der Waals surface area contributed by atoms with Gasteiger partial charge in [0.15, 0.2) is 0 Å². The Morgan fingerprint density at radius 2 is 2.00 bits per heavy atom. The van der Waals surface area contributed by atoms with E-state index in [1.165, 1.54) is 16.5 Å². The zero-order valence-electron chi connectivity index (χ0n) is 15.9. The molecular formula is C23H24N4O. The van der Waals surface area contributed by atoms with Crippen molar-refractivity contribution in [1.29, 1.82) is 0 Å². The number of hydrogen-bond donors (Lipinski definition) is 3. The Morgan fingerprint density at radius 3 is 2.86 bits per heavy atom. The number of fused-ring (bicyclic) bond motifs is 1. The van der Waals surface area contributed by atoms with Gasteiger partial charge in [0.1, 0.15) is 11.6 Å². The van der Waals surface area contributed by atoms with E-state index >= 15 is 0 Å². The van der Waals surface area contributed by atoms with E-state index in [4.69, 9.17) is 4.74 Å². The summed E-state index contributed by atoms with van der Waals surface area (Å²) in [5.74, 6) is 1.74. The minimum atomic E-state index is 0.823. The average Bonchev–Trinajstić information content (AvgIpc) is 3.14. The predicted octanol–water partition coefficient (Wildman–Crippen LogP) is 4.65. The van der Waals surface area contributed by atoms with Gasteiger partial charge in [0.25, 0.3) is 0 Å². The van der Waals surface area contributed by atoms with Crippen LogP contribution in [-0.4, -0.2) is 23.6 Å². The maximum Gasteiger partial charge on any atom is 0.130 e. The summed E-state index contributed by atoms with van der Waals surface area (Å²) < 4.78 is 5.34. The fraction of sp³-hybridized carbons (Fsp3) is 0.174. The Balaban J connectivity index is 1.33. The second kappa shape index (κ2) is 8.59. The van der Waals surface area contributed by atoms with Crippen LogP contribution in [0.25, 0.3) is 10.9 Å². The molecule has 0 fully saturated rings. The molecule has 0 atom stereocenters. The van der Waals surface area contributed by atoms with Gasteiger partial charge in [-0.1, -0.05) is 18.2 Å². The maximum atomic E-state index is 5.34. The molecule has 0 spiro atoms. The van der Waals surface area contributed by atoms with Crippen molar-refractivity contribution < 1.29 is 4.74 Å². The van der Waals surface area contributed by atoms with Gasteiger partial charge in [0.05, 0.1) is 7.11 Å². The lowest BCUT2D eigenvalue weighted by molar-refractivity contribution is 0.415. The molecule has 3 N–H and O–H groups in total. The number of anilines is 2. The van der Waals surface area contributed by atoms with Gasteiger partial charge in [-0.25, -0.2) is 4.98 Å². The van der Waals surface area contributed by atoms with Crippen LogP contribution >= 0.6 is 0 Å². The fourth-order valence-electron chi connectivity index (χ4n) is 3.29. The summed E-state index contributed by atoms with van der Waals surface area (Å²) in [5, 5.41) is 8.09. The molecule has 5 heteroatoms. The Hall–Kier alpha value is -3.31. The van der Waals surface area contributed by atoms with Crippen molar-refractivity contribution >= 4 is 22.4 Å². The molecule has 2 aromatic carbocycles. The third-order valence-corrected chi connectivity index (χ3v) is 4.74. The number of nitrogens with one attached hydrogen (secondary N) is 3. The molecule has 0 aliphatic rings. The maximum absolute atomic E-state index is 5.34. The van der Waals surface area contributed by atoms with E-state index in [0.717, 1.165) is 42.3 Å². The minimum Gasteiger partial charge on any atom is -0.497 e. The van der Waals surface area contributed by atoms with Crippen LogP contribution in [0.2, 0.25) is 0 Å². The van der Waals surface area contributed by atoms with Crippen LogP contribution in [0.5, 0.6) is 5.75 Å². The SMILES string of the molecule is COc1ccc2[nH]cc(CCNCc3cccc(Nc4ccccn4)c3)c2c1. The number of pyridine rings is 1. The van der Waals surface area contributed by atoms with Crippen molar-refractivity contribution in [3.8, 4) is 5.75 Å². The number of methoxy groups -OCH3 is 1. The second-order valence-corrected chi connectivity index (χ2v) is 6.69. The van der Waals surface area contributed by atoms with E-state index in [0.29, 0.717) is 0 Å². The number of H-pyrrole nitrogens is 1. The van der Waals surface area contributed by atoms with Gasteiger partial charge in [-0.2, -0.15) is 0 Å².